The predicted molar refractivity (Wildman–Crippen MR) is 81.0 cm³/mol. The third-order valence-electron chi connectivity index (χ3n) is 3.37. The molecule has 0 atom stereocenters. The summed E-state index contributed by atoms with van der Waals surface area (Å²) in [6.45, 7) is 9.66. The Morgan fingerprint density at radius 1 is 1.05 bits per heavy atom. The smallest absolute Gasteiger partial charge is 0.241 e. The Morgan fingerprint density at radius 3 is 2.14 bits per heavy atom. The molecule has 0 fully saturated rings. The van der Waals surface area contributed by atoms with Crippen LogP contribution in [0.2, 0.25) is 0 Å². The summed E-state index contributed by atoms with van der Waals surface area (Å²) < 4.78 is 3.70. The van der Waals surface area contributed by atoms with Crippen LogP contribution in [0.5, 0.6) is 0 Å². The fourth-order valence-corrected chi connectivity index (χ4v) is 2.38. The van der Waals surface area contributed by atoms with Gasteiger partial charge in [0.15, 0.2) is 0 Å². The molecule has 2 aromatic heterocycles. The lowest BCUT2D eigenvalue weighted by Gasteiger charge is -2.08. The molecule has 6 heteroatoms. The molecular weight excluding hydrogens is 266 g/mol. The molecule has 1 N–H and O–H groups in total. The van der Waals surface area contributed by atoms with E-state index in [1.165, 1.54) is 0 Å². The van der Waals surface area contributed by atoms with Crippen molar-refractivity contribution >= 4 is 5.91 Å². The van der Waals surface area contributed by atoms with Crippen LogP contribution in [0.4, 0.5) is 0 Å². The van der Waals surface area contributed by atoms with Crippen LogP contribution in [-0.4, -0.2) is 32.0 Å². The Hall–Kier alpha value is -2.11. The van der Waals surface area contributed by atoms with Crippen LogP contribution < -0.4 is 5.32 Å². The minimum Gasteiger partial charge on any atom is -0.354 e. The van der Waals surface area contributed by atoms with Crippen LogP contribution in [0.1, 0.15) is 29.2 Å². The SMILES string of the molecule is Cc1cc(C)n(CCCNC(=O)Cn2nc(C)cc2C)n1. The molecule has 2 rings (SSSR count). The Morgan fingerprint density at radius 2 is 1.62 bits per heavy atom. The van der Waals surface area contributed by atoms with Gasteiger partial charge < -0.3 is 5.32 Å². The highest BCUT2D eigenvalue weighted by molar-refractivity contribution is 5.75. The van der Waals surface area contributed by atoms with E-state index >= 15 is 0 Å². The minimum absolute atomic E-state index is 0.00503. The summed E-state index contributed by atoms with van der Waals surface area (Å²) in [5.74, 6) is -0.00503. The van der Waals surface area contributed by atoms with Gasteiger partial charge in [-0.05, 0) is 46.2 Å². The van der Waals surface area contributed by atoms with Gasteiger partial charge in [-0.25, -0.2) is 0 Å². The first-order valence-electron chi connectivity index (χ1n) is 7.24. The zero-order chi connectivity index (χ0) is 15.4. The van der Waals surface area contributed by atoms with Gasteiger partial charge in [0.2, 0.25) is 5.91 Å². The Bertz CT molecular complexity index is 626. The zero-order valence-electron chi connectivity index (χ0n) is 13.2. The van der Waals surface area contributed by atoms with Gasteiger partial charge in [-0.1, -0.05) is 0 Å². The van der Waals surface area contributed by atoms with E-state index in [1.807, 2.05) is 38.4 Å². The molecule has 0 saturated heterocycles. The maximum atomic E-state index is 11.9. The van der Waals surface area contributed by atoms with Gasteiger partial charge in [0.1, 0.15) is 6.54 Å². The highest BCUT2D eigenvalue weighted by Crippen LogP contribution is 2.03. The van der Waals surface area contributed by atoms with Crippen molar-refractivity contribution in [3.63, 3.8) is 0 Å². The molecule has 0 aromatic carbocycles. The van der Waals surface area contributed by atoms with E-state index in [0.717, 1.165) is 35.7 Å². The molecule has 0 bridgehead atoms. The quantitative estimate of drug-likeness (QED) is 0.820. The Kier molecular flexibility index (Phi) is 4.77. The number of nitrogens with zero attached hydrogens (tertiary/aromatic N) is 4. The van der Waals surface area contributed by atoms with Crippen LogP contribution in [-0.2, 0) is 17.9 Å². The number of nitrogens with one attached hydrogen (secondary N) is 1. The standard InChI is InChI=1S/C15H23N5O/c1-11-8-13(3)19(17-11)7-5-6-16-15(21)10-20-14(4)9-12(2)18-20/h8-9H,5-7,10H2,1-4H3,(H,16,21). The van der Waals surface area contributed by atoms with Gasteiger partial charge >= 0.3 is 0 Å². The summed E-state index contributed by atoms with van der Waals surface area (Å²) in [5.41, 5.74) is 4.12. The second-order valence-electron chi connectivity index (χ2n) is 5.44. The largest absolute Gasteiger partial charge is 0.354 e. The lowest BCUT2D eigenvalue weighted by Crippen LogP contribution is -2.29. The van der Waals surface area contributed by atoms with Gasteiger partial charge in [-0.15, -0.1) is 0 Å². The molecule has 2 aromatic rings. The van der Waals surface area contributed by atoms with Crippen molar-refractivity contribution in [1.29, 1.82) is 0 Å². The summed E-state index contributed by atoms with van der Waals surface area (Å²) in [6, 6.07) is 4.03. The summed E-state index contributed by atoms with van der Waals surface area (Å²) in [5, 5.41) is 11.6. The van der Waals surface area contributed by atoms with E-state index in [-0.39, 0.29) is 12.5 Å². The second kappa shape index (κ2) is 6.56. The maximum absolute atomic E-state index is 11.9. The van der Waals surface area contributed by atoms with Crippen LogP contribution in [0.15, 0.2) is 12.1 Å². The molecule has 6 nitrogen and oxygen atoms in total. The number of rotatable bonds is 6. The van der Waals surface area contributed by atoms with Crippen molar-refractivity contribution in [3.05, 3.63) is 34.9 Å². The summed E-state index contributed by atoms with van der Waals surface area (Å²) >= 11 is 0. The molecular formula is C15H23N5O. The van der Waals surface area contributed by atoms with E-state index in [0.29, 0.717) is 6.54 Å². The van der Waals surface area contributed by atoms with Gasteiger partial charge in [-0.3, -0.25) is 14.2 Å². The van der Waals surface area contributed by atoms with E-state index in [2.05, 4.69) is 21.6 Å². The number of amides is 1. The van der Waals surface area contributed by atoms with Crippen LogP contribution in [0, 0.1) is 27.7 Å². The molecule has 114 valence electrons. The third kappa shape index (κ3) is 4.18. The molecule has 0 radical (unpaired) electrons. The molecule has 0 spiro atoms. The number of carbonyl (C=O) groups excluding carboxylic acids is 1. The molecule has 0 aliphatic rings. The highest BCUT2D eigenvalue weighted by atomic mass is 16.2. The maximum Gasteiger partial charge on any atom is 0.241 e. The van der Waals surface area contributed by atoms with E-state index in [1.54, 1.807) is 4.68 Å². The fraction of sp³-hybridized carbons (Fsp3) is 0.533. The molecule has 0 aliphatic heterocycles. The average Bonchev–Trinajstić information content (AvgIpc) is 2.87. The van der Waals surface area contributed by atoms with E-state index in [4.69, 9.17) is 0 Å². The summed E-state index contributed by atoms with van der Waals surface area (Å²) in [7, 11) is 0. The molecule has 21 heavy (non-hydrogen) atoms. The number of hydrogen-bond donors (Lipinski definition) is 1. The normalized spacial score (nSPS) is 10.9. The zero-order valence-corrected chi connectivity index (χ0v) is 13.2. The van der Waals surface area contributed by atoms with Crippen molar-refractivity contribution in [2.75, 3.05) is 6.54 Å². The van der Waals surface area contributed by atoms with Gasteiger partial charge in [0.05, 0.1) is 11.4 Å². The Labute approximate surface area is 125 Å². The number of aromatic nitrogens is 4. The lowest BCUT2D eigenvalue weighted by atomic mass is 10.3. The van der Waals surface area contributed by atoms with Crippen LogP contribution in [0.3, 0.4) is 0 Å². The predicted octanol–water partition coefficient (Wildman–Crippen LogP) is 1.52. The van der Waals surface area contributed by atoms with Crippen molar-refractivity contribution in [1.82, 2.24) is 24.9 Å². The first kappa shape index (κ1) is 15.3. The average molecular weight is 289 g/mol. The van der Waals surface area contributed by atoms with Crippen molar-refractivity contribution in [3.8, 4) is 0 Å². The lowest BCUT2D eigenvalue weighted by molar-refractivity contribution is -0.121. The second-order valence-corrected chi connectivity index (χ2v) is 5.44. The van der Waals surface area contributed by atoms with Crippen LogP contribution in [0.25, 0.3) is 0 Å². The molecule has 1 amide bonds. The summed E-state index contributed by atoms with van der Waals surface area (Å²) in [6.07, 6.45) is 0.866. The fourth-order valence-electron chi connectivity index (χ4n) is 2.38. The van der Waals surface area contributed by atoms with Crippen molar-refractivity contribution in [2.45, 2.75) is 47.2 Å². The number of carbonyl (C=O) groups is 1. The van der Waals surface area contributed by atoms with Crippen molar-refractivity contribution < 1.29 is 4.79 Å². The monoisotopic (exact) mass is 289 g/mol. The molecule has 0 unspecified atom stereocenters. The topological polar surface area (TPSA) is 64.7 Å². The number of hydrogen-bond acceptors (Lipinski definition) is 3. The molecule has 0 saturated carbocycles. The molecule has 0 aliphatic carbocycles. The van der Waals surface area contributed by atoms with E-state index in [9.17, 15) is 4.79 Å². The highest BCUT2D eigenvalue weighted by Gasteiger charge is 2.06. The van der Waals surface area contributed by atoms with Crippen LogP contribution >= 0.6 is 0 Å². The number of aryl methyl sites for hydroxylation is 5. The third-order valence-corrected chi connectivity index (χ3v) is 3.37. The van der Waals surface area contributed by atoms with Gasteiger partial charge in [0, 0.05) is 24.5 Å². The summed E-state index contributed by atoms with van der Waals surface area (Å²) in [4.78, 5) is 11.9. The van der Waals surface area contributed by atoms with E-state index < -0.39 is 0 Å². The first-order valence-corrected chi connectivity index (χ1v) is 7.24. The first-order chi connectivity index (χ1) is 9.95. The van der Waals surface area contributed by atoms with Gasteiger partial charge in [0.25, 0.3) is 0 Å². The van der Waals surface area contributed by atoms with Gasteiger partial charge in [-0.2, -0.15) is 10.2 Å². The van der Waals surface area contributed by atoms with Crippen molar-refractivity contribution in [2.24, 2.45) is 0 Å². The minimum atomic E-state index is -0.00503. The Balaban J connectivity index is 1.72. The molecule has 2 heterocycles.